The second-order valence-corrected chi connectivity index (χ2v) is 8.63. The van der Waals surface area contributed by atoms with Crippen molar-refractivity contribution >= 4 is 5.69 Å². The lowest BCUT2D eigenvalue weighted by Gasteiger charge is -2.25. The molecule has 1 nitrogen and oxygen atoms in total. The lowest BCUT2D eigenvalue weighted by molar-refractivity contribution is 0.543. The molecule has 1 aliphatic rings. The minimum Gasteiger partial charge on any atom is -0.345 e. The van der Waals surface area contributed by atoms with Gasteiger partial charge in [-0.05, 0) is 18.1 Å². The summed E-state index contributed by atoms with van der Waals surface area (Å²) in [6, 6.07) is 8.84. The molecule has 1 aliphatic heterocycles. The number of nitrogens with zero attached hydrogens (tertiary/aromatic N) is 1. The summed E-state index contributed by atoms with van der Waals surface area (Å²) < 4.78 is 0. The zero-order valence-electron chi connectivity index (χ0n) is 17.7. The van der Waals surface area contributed by atoms with Gasteiger partial charge in [-0.15, -0.1) is 0 Å². The summed E-state index contributed by atoms with van der Waals surface area (Å²) in [4.78, 5) is 2.46. The third kappa shape index (κ3) is 5.63. The molecule has 0 amide bonds. The van der Waals surface area contributed by atoms with Crippen LogP contribution in [0.1, 0.15) is 103 Å². The smallest absolute Gasteiger partial charge is 0.0450 e. The molecule has 1 heterocycles. The molecular formula is C25H41N. The maximum Gasteiger partial charge on any atom is 0.0450 e. The van der Waals surface area contributed by atoms with E-state index in [4.69, 9.17) is 0 Å². The van der Waals surface area contributed by atoms with Crippen LogP contribution in [0, 0.1) is 0 Å². The first kappa shape index (κ1) is 21.1. The molecule has 1 aromatic carbocycles. The zero-order chi connectivity index (χ0) is 18.8. The van der Waals surface area contributed by atoms with Crippen LogP contribution in [-0.4, -0.2) is 6.54 Å². The number of hydrogen-bond acceptors (Lipinski definition) is 1. The van der Waals surface area contributed by atoms with Crippen molar-refractivity contribution in [3.63, 3.8) is 0 Å². The van der Waals surface area contributed by atoms with Crippen molar-refractivity contribution in [2.45, 2.75) is 103 Å². The normalized spacial score (nSPS) is 15.5. The lowest BCUT2D eigenvalue weighted by atomic mass is 9.84. The quantitative estimate of drug-likeness (QED) is 0.324. The molecule has 1 aromatic rings. The highest BCUT2D eigenvalue weighted by Crippen LogP contribution is 2.46. The van der Waals surface area contributed by atoms with Gasteiger partial charge in [0.05, 0.1) is 0 Å². The third-order valence-corrected chi connectivity index (χ3v) is 6.15. The zero-order valence-corrected chi connectivity index (χ0v) is 17.7. The van der Waals surface area contributed by atoms with E-state index in [2.05, 4.69) is 56.5 Å². The highest BCUT2D eigenvalue weighted by molar-refractivity contribution is 5.69. The highest BCUT2D eigenvalue weighted by Gasteiger charge is 2.38. The summed E-state index contributed by atoms with van der Waals surface area (Å²) in [7, 11) is 0. The van der Waals surface area contributed by atoms with Gasteiger partial charge in [0.25, 0.3) is 0 Å². The number of para-hydroxylation sites is 1. The summed E-state index contributed by atoms with van der Waals surface area (Å²) >= 11 is 0. The monoisotopic (exact) mass is 355 g/mol. The minimum absolute atomic E-state index is 0.0771. The molecule has 2 rings (SSSR count). The predicted molar refractivity (Wildman–Crippen MR) is 117 cm³/mol. The Labute approximate surface area is 162 Å². The number of rotatable bonds is 13. The molecule has 146 valence electrons. The number of anilines is 1. The number of allylic oxidation sites excluding steroid dienone is 1. The average Bonchev–Trinajstić information content (AvgIpc) is 2.83. The van der Waals surface area contributed by atoms with Crippen molar-refractivity contribution < 1.29 is 0 Å². The Bertz CT molecular complexity index is 543. The number of hydrogen-bond donors (Lipinski definition) is 0. The van der Waals surface area contributed by atoms with Gasteiger partial charge in [-0.1, -0.05) is 116 Å². The molecule has 0 N–H and O–H groups in total. The molecule has 0 saturated heterocycles. The van der Waals surface area contributed by atoms with E-state index in [1.54, 1.807) is 0 Å². The van der Waals surface area contributed by atoms with E-state index >= 15 is 0 Å². The Hall–Kier alpha value is -1.24. The molecule has 0 fully saturated rings. The molecule has 0 aromatic heterocycles. The van der Waals surface area contributed by atoms with Gasteiger partial charge in [-0.3, -0.25) is 0 Å². The molecule has 26 heavy (non-hydrogen) atoms. The van der Waals surface area contributed by atoms with Crippen LogP contribution in [0.4, 0.5) is 5.69 Å². The van der Waals surface area contributed by atoms with E-state index in [-0.39, 0.29) is 5.41 Å². The lowest BCUT2D eigenvalue weighted by Crippen LogP contribution is -2.26. The summed E-state index contributed by atoms with van der Waals surface area (Å²) in [5, 5.41) is 0. The fourth-order valence-electron chi connectivity index (χ4n) is 4.24. The van der Waals surface area contributed by atoms with Gasteiger partial charge in [0.1, 0.15) is 0 Å². The number of benzene rings is 1. The van der Waals surface area contributed by atoms with E-state index in [1.165, 1.54) is 94.0 Å². The molecule has 1 heteroatoms. The molecule has 0 atom stereocenters. The Morgan fingerprint density at radius 3 is 1.85 bits per heavy atom. The topological polar surface area (TPSA) is 3.24 Å². The fraction of sp³-hybridized carbons (Fsp3) is 0.680. The van der Waals surface area contributed by atoms with Crippen molar-refractivity contribution in [1.82, 2.24) is 0 Å². The molecular weight excluding hydrogens is 314 g/mol. The van der Waals surface area contributed by atoms with Crippen LogP contribution < -0.4 is 4.90 Å². The van der Waals surface area contributed by atoms with E-state index in [9.17, 15) is 0 Å². The van der Waals surface area contributed by atoms with Crippen LogP contribution in [0.2, 0.25) is 0 Å². The Balaban J connectivity index is 1.56. The fourth-order valence-corrected chi connectivity index (χ4v) is 4.24. The number of unbranched alkanes of at least 4 members (excludes halogenated alkanes) is 11. The van der Waals surface area contributed by atoms with Crippen molar-refractivity contribution in [3.05, 3.63) is 42.1 Å². The van der Waals surface area contributed by atoms with Crippen molar-refractivity contribution in [2.24, 2.45) is 0 Å². The van der Waals surface area contributed by atoms with E-state index < -0.39 is 0 Å². The van der Waals surface area contributed by atoms with Crippen LogP contribution in [0.3, 0.4) is 0 Å². The molecule has 0 bridgehead atoms. The third-order valence-electron chi connectivity index (χ3n) is 6.15. The van der Waals surface area contributed by atoms with Crippen molar-refractivity contribution in [3.8, 4) is 0 Å². The SMILES string of the molecule is C=C1N(CCCCCCCCCCCCCC)c2ccccc2C1(C)C. The van der Waals surface area contributed by atoms with E-state index in [1.807, 2.05) is 0 Å². The molecule has 0 unspecified atom stereocenters. The number of fused-ring (bicyclic) bond motifs is 1. The van der Waals surface area contributed by atoms with E-state index in [0.29, 0.717) is 0 Å². The van der Waals surface area contributed by atoms with Gasteiger partial charge in [0, 0.05) is 23.3 Å². The Morgan fingerprint density at radius 2 is 1.27 bits per heavy atom. The molecule has 0 aliphatic carbocycles. The van der Waals surface area contributed by atoms with Gasteiger partial charge < -0.3 is 4.90 Å². The van der Waals surface area contributed by atoms with Crippen LogP contribution in [0.5, 0.6) is 0 Å². The first-order valence-corrected chi connectivity index (χ1v) is 11.2. The van der Waals surface area contributed by atoms with Crippen molar-refractivity contribution in [1.29, 1.82) is 0 Å². The van der Waals surface area contributed by atoms with Crippen LogP contribution in [-0.2, 0) is 5.41 Å². The minimum atomic E-state index is 0.0771. The largest absolute Gasteiger partial charge is 0.345 e. The van der Waals surface area contributed by atoms with Crippen LogP contribution in [0.25, 0.3) is 0 Å². The molecule has 0 radical (unpaired) electrons. The second-order valence-electron chi connectivity index (χ2n) is 8.63. The predicted octanol–water partition coefficient (Wildman–Crippen LogP) is 8.00. The average molecular weight is 356 g/mol. The van der Waals surface area contributed by atoms with E-state index in [0.717, 1.165) is 6.54 Å². The Kier molecular flexibility index (Phi) is 8.75. The van der Waals surface area contributed by atoms with Gasteiger partial charge in [-0.25, -0.2) is 0 Å². The van der Waals surface area contributed by atoms with Crippen LogP contribution in [0.15, 0.2) is 36.5 Å². The maximum atomic E-state index is 4.40. The summed E-state index contributed by atoms with van der Waals surface area (Å²) in [6.45, 7) is 12.4. The van der Waals surface area contributed by atoms with Gasteiger partial charge in [-0.2, -0.15) is 0 Å². The Morgan fingerprint density at radius 1 is 0.769 bits per heavy atom. The maximum absolute atomic E-state index is 4.40. The first-order valence-electron chi connectivity index (χ1n) is 11.2. The van der Waals surface area contributed by atoms with Gasteiger partial charge in [0.2, 0.25) is 0 Å². The van der Waals surface area contributed by atoms with Crippen LogP contribution >= 0.6 is 0 Å². The van der Waals surface area contributed by atoms with Gasteiger partial charge in [0.15, 0.2) is 0 Å². The van der Waals surface area contributed by atoms with Crippen molar-refractivity contribution in [2.75, 3.05) is 11.4 Å². The first-order chi connectivity index (χ1) is 12.6. The molecule has 0 spiro atoms. The highest BCUT2D eigenvalue weighted by atomic mass is 15.2. The summed E-state index contributed by atoms with van der Waals surface area (Å²) in [5.74, 6) is 0. The second kappa shape index (κ2) is 10.8. The summed E-state index contributed by atoms with van der Waals surface area (Å²) in [6.07, 6.45) is 16.9. The molecule has 0 saturated carbocycles. The standard InChI is InChI=1S/C25H41N/c1-5-6-7-8-9-10-11-12-13-14-15-18-21-26-22(2)25(3,4)23-19-16-17-20-24(23)26/h16-17,19-20H,2,5-15,18,21H2,1,3-4H3. The van der Waals surface area contributed by atoms with Gasteiger partial charge >= 0.3 is 0 Å². The summed E-state index contributed by atoms with van der Waals surface area (Å²) in [5.41, 5.74) is 4.16.